The fraction of sp³-hybridized carbons (Fsp3) is 0.286. The molecule has 6 nitrogen and oxygen atoms in total. The van der Waals surface area contributed by atoms with Crippen LogP contribution in [-0.2, 0) is 6.42 Å². The summed E-state index contributed by atoms with van der Waals surface area (Å²) >= 11 is 0. The van der Waals surface area contributed by atoms with Crippen LogP contribution in [0.2, 0.25) is 0 Å². The largest absolute Gasteiger partial charge is 0.350 e. The second-order valence-electron chi connectivity index (χ2n) is 4.50. The zero-order chi connectivity index (χ0) is 14.5. The lowest BCUT2D eigenvalue weighted by atomic mass is 10.3. The molecule has 0 aromatic carbocycles. The number of amides is 1. The number of aromatic nitrogens is 3. The lowest BCUT2D eigenvalue weighted by Gasteiger charge is -2.05. The van der Waals surface area contributed by atoms with Crippen molar-refractivity contribution in [2.45, 2.75) is 20.3 Å². The van der Waals surface area contributed by atoms with E-state index in [1.807, 2.05) is 19.9 Å². The van der Waals surface area contributed by atoms with E-state index in [0.717, 1.165) is 11.4 Å². The minimum absolute atomic E-state index is 0.249. The lowest BCUT2D eigenvalue weighted by Crippen LogP contribution is -2.28. The highest BCUT2D eigenvalue weighted by Crippen LogP contribution is 1.99. The second kappa shape index (κ2) is 6.10. The Labute approximate surface area is 116 Å². The van der Waals surface area contributed by atoms with Gasteiger partial charge in [0.15, 0.2) is 0 Å². The van der Waals surface area contributed by atoms with E-state index in [2.05, 4.69) is 20.3 Å². The van der Waals surface area contributed by atoms with Crippen molar-refractivity contribution in [2.75, 3.05) is 6.54 Å². The van der Waals surface area contributed by atoms with Crippen molar-refractivity contribution < 1.29 is 4.79 Å². The summed E-state index contributed by atoms with van der Waals surface area (Å²) in [5, 5.41) is 2.72. The molecule has 2 rings (SSSR count). The molecule has 0 aliphatic heterocycles. The number of H-pyrrole nitrogens is 1. The first-order valence-electron chi connectivity index (χ1n) is 6.33. The molecule has 0 atom stereocenters. The third kappa shape index (κ3) is 3.74. The van der Waals surface area contributed by atoms with Gasteiger partial charge in [-0.15, -0.1) is 0 Å². The van der Waals surface area contributed by atoms with Crippen molar-refractivity contribution in [3.05, 3.63) is 57.5 Å². The SMILES string of the molecule is Cc1cc(C)nc(CCNC(=O)c2cccc(=O)[nH]2)n1. The molecule has 0 saturated carbocycles. The van der Waals surface area contributed by atoms with Crippen molar-refractivity contribution in [1.29, 1.82) is 0 Å². The maximum Gasteiger partial charge on any atom is 0.267 e. The van der Waals surface area contributed by atoms with Gasteiger partial charge >= 0.3 is 0 Å². The van der Waals surface area contributed by atoms with E-state index in [-0.39, 0.29) is 17.2 Å². The van der Waals surface area contributed by atoms with Gasteiger partial charge in [-0.3, -0.25) is 9.59 Å². The van der Waals surface area contributed by atoms with E-state index in [9.17, 15) is 9.59 Å². The van der Waals surface area contributed by atoms with Crippen LogP contribution in [0.15, 0.2) is 29.1 Å². The quantitative estimate of drug-likeness (QED) is 0.860. The van der Waals surface area contributed by atoms with E-state index in [4.69, 9.17) is 0 Å². The summed E-state index contributed by atoms with van der Waals surface area (Å²) in [5.41, 5.74) is 1.77. The Morgan fingerprint density at radius 1 is 1.25 bits per heavy atom. The van der Waals surface area contributed by atoms with Crippen molar-refractivity contribution in [1.82, 2.24) is 20.3 Å². The summed E-state index contributed by atoms with van der Waals surface area (Å²) in [6, 6.07) is 6.36. The van der Waals surface area contributed by atoms with Crippen LogP contribution >= 0.6 is 0 Å². The van der Waals surface area contributed by atoms with Gasteiger partial charge in [-0.1, -0.05) is 6.07 Å². The monoisotopic (exact) mass is 272 g/mol. The molecule has 2 aromatic rings. The van der Waals surface area contributed by atoms with Crippen LogP contribution in [0.5, 0.6) is 0 Å². The molecule has 2 N–H and O–H groups in total. The molecule has 6 heteroatoms. The topological polar surface area (TPSA) is 87.7 Å². The molecule has 0 radical (unpaired) electrons. The van der Waals surface area contributed by atoms with E-state index >= 15 is 0 Å². The summed E-state index contributed by atoms with van der Waals surface area (Å²) in [7, 11) is 0. The molecule has 0 aliphatic rings. The highest BCUT2D eigenvalue weighted by Gasteiger charge is 2.06. The van der Waals surface area contributed by atoms with Crippen molar-refractivity contribution in [3.8, 4) is 0 Å². The van der Waals surface area contributed by atoms with Gasteiger partial charge in [0.05, 0.1) is 0 Å². The summed E-state index contributed by atoms with van der Waals surface area (Å²) in [6.45, 7) is 4.23. The molecule has 2 heterocycles. The van der Waals surface area contributed by atoms with Crippen LogP contribution in [0.1, 0.15) is 27.7 Å². The maximum atomic E-state index is 11.8. The average Bonchev–Trinajstić information content (AvgIpc) is 2.37. The summed E-state index contributed by atoms with van der Waals surface area (Å²) in [6.07, 6.45) is 0.547. The number of hydrogen-bond acceptors (Lipinski definition) is 4. The third-order valence-electron chi connectivity index (χ3n) is 2.68. The first kappa shape index (κ1) is 13.9. The summed E-state index contributed by atoms with van der Waals surface area (Å²) in [5.74, 6) is 0.386. The van der Waals surface area contributed by atoms with Gasteiger partial charge in [-0.2, -0.15) is 0 Å². The smallest absolute Gasteiger partial charge is 0.267 e. The first-order chi connectivity index (χ1) is 9.54. The minimum atomic E-state index is -0.313. The third-order valence-corrected chi connectivity index (χ3v) is 2.68. The molecule has 20 heavy (non-hydrogen) atoms. The number of carbonyl (C=O) groups excluding carboxylic acids is 1. The molecular formula is C14H16N4O2. The average molecular weight is 272 g/mol. The molecule has 0 spiro atoms. The summed E-state index contributed by atoms with van der Waals surface area (Å²) in [4.78, 5) is 34.0. The number of hydrogen-bond donors (Lipinski definition) is 2. The van der Waals surface area contributed by atoms with Gasteiger partial charge in [-0.25, -0.2) is 9.97 Å². The molecule has 0 fully saturated rings. The Bertz CT molecular complexity index is 659. The highest BCUT2D eigenvalue weighted by molar-refractivity contribution is 5.92. The van der Waals surface area contributed by atoms with Crippen LogP contribution in [0.3, 0.4) is 0 Å². The summed E-state index contributed by atoms with van der Waals surface area (Å²) < 4.78 is 0. The number of pyridine rings is 1. The molecule has 0 aliphatic carbocycles. The van der Waals surface area contributed by atoms with Gasteiger partial charge in [-0.05, 0) is 26.0 Å². The van der Waals surface area contributed by atoms with Gasteiger partial charge in [0, 0.05) is 30.4 Å². The molecule has 2 aromatic heterocycles. The van der Waals surface area contributed by atoms with Crippen molar-refractivity contribution in [2.24, 2.45) is 0 Å². The van der Waals surface area contributed by atoms with E-state index in [1.54, 1.807) is 12.1 Å². The maximum absolute atomic E-state index is 11.8. The number of nitrogens with one attached hydrogen (secondary N) is 2. The minimum Gasteiger partial charge on any atom is -0.350 e. The zero-order valence-electron chi connectivity index (χ0n) is 11.4. The number of aryl methyl sites for hydroxylation is 2. The fourth-order valence-electron chi connectivity index (χ4n) is 1.87. The Kier molecular flexibility index (Phi) is 4.24. The van der Waals surface area contributed by atoms with Crippen LogP contribution in [-0.4, -0.2) is 27.4 Å². The van der Waals surface area contributed by atoms with E-state index < -0.39 is 0 Å². The predicted molar refractivity (Wildman–Crippen MR) is 74.6 cm³/mol. The van der Waals surface area contributed by atoms with E-state index in [0.29, 0.717) is 18.8 Å². The molecule has 0 unspecified atom stereocenters. The molecule has 104 valence electrons. The lowest BCUT2D eigenvalue weighted by molar-refractivity contribution is 0.0949. The standard InChI is InChI=1S/C14H16N4O2/c1-9-8-10(2)17-12(16-9)6-7-15-14(20)11-4-3-5-13(19)18-11/h3-5,8H,6-7H2,1-2H3,(H,15,20)(H,18,19). The highest BCUT2D eigenvalue weighted by atomic mass is 16.2. The number of nitrogens with zero attached hydrogens (tertiary/aromatic N) is 2. The Hall–Kier alpha value is -2.50. The van der Waals surface area contributed by atoms with Crippen molar-refractivity contribution in [3.63, 3.8) is 0 Å². The normalized spacial score (nSPS) is 10.3. The zero-order valence-corrected chi connectivity index (χ0v) is 11.4. The Balaban J connectivity index is 1.92. The molecule has 0 saturated heterocycles. The first-order valence-corrected chi connectivity index (χ1v) is 6.33. The fourth-order valence-corrected chi connectivity index (χ4v) is 1.87. The predicted octanol–water partition coefficient (Wildman–Crippen LogP) is 0.754. The van der Waals surface area contributed by atoms with Crippen LogP contribution < -0.4 is 10.9 Å². The molecule has 0 bridgehead atoms. The van der Waals surface area contributed by atoms with Gasteiger partial charge in [0.25, 0.3) is 5.91 Å². The Morgan fingerprint density at radius 2 is 1.95 bits per heavy atom. The Morgan fingerprint density at radius 3 is 2.60 bits per heavy atom. The van der Waals surface area contributed by atoms with Gasteiger partial charge in [0.1, 0.15) is 11.5 Å². The number of rotatable bonds is 4. The number of aromatic amines is 1. The van der Waals surface area contributed by atoms with E-state index in [1.165, 1.54) is 6.07 Å². The molecule has 1 amide bonds. The van der Waals surface area contributed by atoms with Crippen LogP contribution in [0.4, 0.5) is 0 Å². The number of carbonyl (C=O) groups is 1. The van der Waals surface area contributed by atoms with Gasteiger partial charge < -0.3 is 10.3 Å². The van der Waals surface area contributed by atoms with Crippen LogP contribution in [0, 0.1) is 13.8 Å². The van der Waals surface area contributed by atoms with Crippen LogP contribution in [0.25, 0.3) is 0 Å². The van der Waals surface area contributed by atoms with Crippen molar-refractivity contribution >= 4 is 5.91 Å². The molecular weight excluding hydrogens is 256 g/mol. The van der Waals surface area contributed by atoms with Gasteiger partial charge in [0.2, 0.25) is 5.56 Å². The second-order valence-corrected chi connectivity index (χ2v) is 4.50.